The number of nitrogens with one attached hydrogen (secondary N) is 1. The van der Waals surface area contributed by atoms with Crippen LogP contribution in [-0.2, 0) is 14.8 Å². The van der Waals surface area contributed by atoms with Crippen molar-refractivity contribution in [1.29, 1.82) is 0 Å². The smallest absolute Gasteiger partial charge is 0.308 e. The van der Waals surface area contributed by atoms with Gasteiger partial charge in [0.1, 0.15) is 0 Å². The summed E-state index contributed by atoms with van der Waals surface area (Å²) in [7, 11) is -3.67. The quantitative estimate of drug-likeness (QED) is 0.801. The summed E-state index contributed by atoms with van der Waals surface area (Å²) >= 11 is 1.17. The van der Waals surface area contributed by atoms with Crippen molar-refractivity contribution in [2.75, 3.05) is 10.5 Å². The minimum absolute atomic E-state index is 0.0740. The van der Waals surface area contributed by atoms with Crippen LogP contribution in [0.1, 0.15) is 13.8 Å². The molecule has 0 bridgehead atoms. The van der Waals surface area contributed by atoms with Gasteiger partial charge in [0.15, 0.2) is 5.01 Å². The molecule has 8 nitrogen and oxygen atoms in total. The lowest BCUT2D eigenvalue weighted by atomic mass is 10.4. The van der Waals surface area contributed by atoms with E-state index in [0.29, 0.717) is 5.01 Å². The highest BCUT2D eigenvalue weighted by Gasteiger charge is 2.27. The summed E-state index contributed by atoms with van der Waals surface area (Å²) in [6.07, 6.45) is 1.49. The van der Waals surface area contributed by atoms with Crippen molar-refractivity contribution >= 4 is 33.2 Å². The summed E-state index contributed by atoms with van der Waals surface area (Å²) in [6, 6.07) is 0. The monoisotopic (exact) mass is 332 g/mol. The van der Waals surface area contributed by atoms with Gasteiger partial charge in [-0.05, 0) is 6.92 Å². The number of sulfonamides is 1. The van der Waals surface area contributed by atoms with Crippen LogP contribution in [0.4, 0.5) is 5.88 Å². The second-order valence-corrected chi connectivity index (χ2v) is 6.78. The van der Waals surface area contributed by atoms with E-state index in [2.05, 4.69) is 9.71 Å². The Labute approximate surface area is 124 Å². The van der Waals surface area contributed by atoms with E-state index >= 15 is 0 Å². The van der Waals surface area contributed by atoms with Gasteiger partial charge in [0.2, 0.25) is 27.3 Å². The van der Waals surface area contributed by atoms with Crippen LogP contribution in [0.15, 0.2) is 16.0 Å². The first-order valence-electron chi connectivity index (χ1n) is 5.78. The zero-order valence-corrected chi connectivity index (χ0v) is 12.7. The van der Waals surface area contributed by atoms with Crippen LogP contribution < -0.4 is 9.46 Å². The Morgan fingerprint density at radius 2 is 2.29 bits per heavy atom. The lowest BCUT2D eigenvalue weighted by molar-refractivity contribution is -0.131. The zero-order valence-electron chi connectivity index (χ0n) is 11.1. The zero-order chi connectivity index (χ0) is 15.6. The fraction of sp³-hybridized carbons (Fsp3) is 0.273. The molecule has 21 heavy (non-hydrogen) atoms. The number of carbonyl (C=O) groups is 1. The van der Waals surface area contributed by atoms with E-state index in [0.717, 1.165) is 6.92 Å². The van der Waals surface area contributed by atoms with Gasteiger partial charge in [-0.1, -0.05) is 0 Å². The molecule has 0 aliphatic carbocycles. The Morgan fingerprint density at radius 1 is 1.57 bits per heavy atom. The number of aromatic hydroxyl groups is 1. The molecule has 0 radical (unpaired) electrons. The third kappa shape index (κ3) is 3.34. The molecule has 10 heteroatoms. The van der Waals surface area contributed by atoms with Crippen molar-refractivity contribution in [3.63, 3.8) is 0 Å². The molecular weight excluding hydrogens is 320 g/mol. The molecule has 0 fully saturated rings. The van der Waals surface area contributed by atoms with E-state index in [1.165, 1.54) is 24.5 Å². The number of esters is 1. The number of hydrogen-bond acceptors (Lipinski definition) is 8. The van der Waals surface area contributed by atoms with Crippen molar-refractivity contribution in [3.8, 4) is 22.3 Å². The maximum atomic E-state index is 11.6. The first-order valence-corrected chi connectivity index (χ1v) is 8.31. The van der Waals surface area contributed by atoms with Gasteiger partial charge in [-0.15, -0.1) is 11.3 Å². The molecule has 0 atom stereocenters. The van der Waals surface area contributed by atoms with E-state index in [4.69, 9.17) is 9.15 Å². The molecule has 2 aromatic rings. The molecule has 0 spiro atoms. The number of hydrogen-bond donors (Lipinski definition) is 2. The molecule has 114 valence electrons. The molecule has 0 amide bonds. The SMILES string of the molecule is CCS(=O)(=O)Nc1oc(-c2nccs2)c(O)c1OC(C)=O. The van der Waals surface area contributed by atoms with Crippen LogP contribution in [0.2, 0.25) is 0 Å². The Balaban J connectivity index is 2.52. The highest BCUT2D eigenvalue weighted by molar-refractivity contribution is 7.92. The Hall–Kier alpha value is -2.07. The molecule has 0 saturated heterocycles. The maximum Gasteiger partial charge on any atom is 0.308 e. The molecule has 0 aliphatic rings. The summed E-state index contributed by atoms with van der Waals surface area (Å²) in [4.78, 5) is 15.0. The normalized spacial score (nSPS) is 11.3. The maximum absolute atomic E-state index is 11.6. The first kappa shape index (κ1) is 15.3. The molecule has 2 rings (SSSR count). The number of anilines is 1. The van der Waals surface area contributed by atoms with E-state index in [9.17, 15) is 18.3 Å². The minimum atomic E-state index is -3.67. The topological polar surface area (TPSA) is 119 Å². The van der Waals surface area contributed by atoms with Crippen LogP contribution in [0.3, 0.4) is 0 Å². The molecule has 2 N–H and O–H groups in total. The number of carbonyl (C=O) groups excluding carboxylic acids is 1. The van der Waals surface area contributed by atoms with E-state index < -0.39 is 21.7 Å². The number of ether oxygens (including phenoxy) is 1. The van der Waals surface area contributed by atoms with Crippen molar-refractivity contribution in [2.24, 2.45) is 0 Å². The summed E-state index contributed by atoms with van der Waals surface area (Å²) in [5, 5.41) is 12.0. The minimum Gasteiger partial charge on any atom is -0.501 e. The van der Waals surface area contributed by atoms with Crippen molar-refractivity contribution in [2.45, 2.75) is 13.8 Å². The van der Waals surface area contributed by atoms with E-state index in [1.54, 1.807) is 5.38 Å². The molecular formula is C11H12N2O6S2. The second kappa shape index (κ2) is 5.74. The third-order valence-electron chi connectivity index (χ3n) is 2.34. The Kier molecular flexibility index (Phi) is 4.19. The van der Waals surface area contributed by atoms with Crippen molar-refractivity contribution < 1.29 is 27.5 Å². The number of furan rings is 1. The largest absolute Gasteiger partial charge is 0.501 e. The van der Waals surface area contributed by atoms with Crippen LogP contribution in [0.5, 0.6) is 11.5 Å². The summed E-state index contributed by atoms with van der Waals surface area (Å²) in [5.74, 6) is -2.25. The van der Waals surface area contributed by atoms with Gasteiger partial charge in [-0.25, -0.2) is 18.1 Å². The number of nitrogens with zero attached hydrogens (tertiary/aromatic N) is 1. The number of aromatic nitrogens is 1. The summed E-state index contributed by atoms with van der Waals surface area (Å²) in [6.45, 7) is 2.55. The predicted octanol–water partition coefficient (Wildman–Crippen LogP) is 1.80. The summed E-state index contributed by atoms with van der Waals surface area (Å²) < 4.78 is 35.4. The molecule has 0 aliphatic heterocycles. The van der Waals surface area contributed by atoms with Gasteiger partial charge in [-0.2, -0.15) is 0 Å². The Morgan fingerprint density at radius 3 is 2.81 bits per heavy atom. The predicted molar refractivity (Wildman–Crippen MR) is 75.9 cm³/mol. The van der Waals surface area contributed by atoms with Crippen LogP contribution >= 0.6 is 11.3 Å². The average Bonchev–Trinajstić information content (AvgIpc) is 3.01. The first-order chi connectivity index (χ1) is 9.84. The van der Waals surface area contributed by atoms with Crippen LogP contribution in [0.25, 0.3) is 10.8 Å². The van der Waals surface area contributed by atoms with Gasteiger partial charge in [0.25, 0.3) is 5.88 Å². The fourth-order valence-corrected chi connectivity index (χ4v) is 2.59. The Bertz CT molecular complexity index is 748. The fourth-order valence-electron chi connectivity index (χ4n) is 1.41. The van der Waals surface area contributed by atoms with Gasteiger partial charge < -0.3 is 14.3 Å². The van der Waals surface area contributed by atoms with Crippen molar-refractivity contribution in [1.82, 2.24) is 4.98 Å². The lowest BCUT2D eigenvalue weighted by Crippen LogP contribution is -2.15. The third-order valence-corrected chi connectivity index (χ3v) is 4.37. The van der Waals surface area contributed by atoms with Crippen molar-refractivity contribution in [3.05, 3.63) is 11.6 Å². The highest BCUT2D eigenvalue weighted by Crippen LogP contribution is 2.46. The number of rotatable bonds is 5. The number of thiazole rings is 1. The summed E-state index contributed by atoms with van der Waals surface area (Å²) in [5.41, 5.74) is 0. The average molecular weight is 332 g/mol. The molecule has 2 heterocycles. The van der Waals surface area contributed by atoms with Gasteiger partial charge in [0.05, 0.1) is 5.75 Å². The highest BCUT2D eigenvalue weighted by atomic mass is 32.2. The van der Waals surface area contributed by atoms with Gasteiger partial charge >= 0.3 is 5.97 Å². The van der Waals surface area contributed by atoms with E-state index in [-0.39, 0.29) is 23.1 Å². The molecule has 0 saturated carbocycles. The van der Waals surface area contributed by atoms with E-state index in [1.807, 2.05) is 0 Å². The van der Waals surface area contributed by atoms with Gasteiger partial charge in [-0.3, -0.25) is 4.79 Å². The van der Waals surface area contributed by atoms with Gasteiger partial charge in [0, 0.05) is 18.5 Å². The lowest BCUT2D eigenvalue weighted by Gasteiger charge is -2.04. The molecule has 0 unspecified atom stereocenters. The molecule has 2 aromatic heterocycles. The van der Waals surface area contributed by atoms with Crippen LogP contribution in [-0.4, -0.2) is 30.2 Å². The second-order valence-electron chi connectivity index (χ2n) is 3.87. The van der Waals surface area contributed by atoms with Crippen LogP contribution in [0, 0.1) is 0 Å². The molecule has 0 aromatic carbocycles. The standard InChI is InChI=1S/C11H12N2O6S2/c1-3-21(16,17)13-10-8(18-6(2)14)7(15)9(19-10)11-12-4-5-20-11/h4-5,13,15H,3H2,1-2H3.